The lowest BCUT2D eigenvalue weighted by atomic mass is 10.3. The van der Waals surface area contributed by atoms with Gasteiger partial charge < -0.3 is 18.8 Å². The Balaban J connectivity index is 1.96. The number of carbonyl (C=O) groups excluding carboxylic acids is 1. The number of anilines is 1. The van der Waals surface area contributed by atoms with Gasteiger partial charge in [0.1, 0.15) is 17.8 Å². The number of ether oxygens (including phenoxy) is 2. The highest BCUT2D eigenvalue weighted by molar-refractivity contribution is 6.30. The molecule has 0 aliphatic carbocycles. The maximum absolute atomic E-state index is 11.9. The lowest BCUT2D eigenvalue weighted by Crippen LogP contribution is -2.28. The van der Waals surface area contributed by atoms with Crippen LogP contribution in [0.2, 0.25) is 5.02 Å². The lowest BCUT2D eigenvalue weighted by molar-refractivity contribution is -0.385. The SMILES string of the molecule is CCOC(=O)CCN(Cc1ccco1)c1ncnc(Oc2cncc(Cl)c2)c1[N+](=O)[O-]. The average Bonchev–Trinajstić information content (AvgIpc) is 3.24. The number of hydrogen-bond acceptors (Lipinski definition) is 10. The van der Waals surface area contributed by atoms with Gasteiger partial charge in [-0.2, -0.15) is 4.98 Å². The molecule has 0 unspecified atom stereocenters. The standard InChI is InChI=1S/C19H18ClN5O6/c1-2-29-16(26)5-6-24(11-14-4-3-7-30-14)18-17(25(27)28)19(23-12-22-18)31-15-8-13(20)9-21-10-15/h3-4,7-10,12H,2,5-6,11H2,1H3. The minimum atomic E-state index is -0.651. The van der Waals surface area contributed by atoms with Crippen molar-refractivity contribution >= 4 is 29.1 Å². The number of hydrogen-bond donors (Lipinski definition) is 0. The Morgan fingerprint density at radius 2 is 2.19 bits per heavy atom. The number of nitro groups is 1. The molecule has 0 bridgehead atoms. The topological polar surface area (TPSA) is 134 Å². The van der Waals surface area contributed by atoms with Gasteiger partial charge in [0.15, 0.2) is 0 Å². The van der Waals surface area contributed by atoms with E-state index in [1.54, 1.807) is 19.1 Å². The third-order valence-electron chi connectivity index (χ3n) is 3.96. The van der Waals surface area contributed by atoms with Gasteiger partial charge in [0.25, 0.3) is 0 Å². The largest absolute Gasteiger partial charge is 0.467 e. The Labute approximate surface area is 181 Å². The number of esters is 1. The molecule has 0 aliphatic rings. The minimum Gasteiger partial charge on any atom is -0.467 e. The van der Waals surface area contributed by atoms with Crippen LogP contribution in [-0.2, 0) is 16.1 Å². The fourth-order valence-electron chi connectivity index (χ4n) is 2.69. The Bertz CT molecular complexity index is 1050. The van der Waals surface area contributed by atoms with Gasteiger partial charge in [-0.05, 0) is 19.1 Å². The van der Waals surface area contributed by atoms with Crippen LogP contribution in [0, 0.1) is 10.1 Å². The third kappa shape index (κ3) is 5.89. The van der Waals surface area contributed by atoms with Crippen LogP contribution in [0.25, 0.3) is 0 Å². The molecule has 11 nitrogen and oxygen atoms in total. The first-order valence-corrected chi connectivity index (χ1v) is 9.56. The van der Waals surface area contributed by atoms with Crippen LogP contribution in [0.5, 0.6) is 11.6 Å². The molecule has 162 valence electrons. The highest BCUT2D eigenvalue weighted by atomic mass is 35.5. The zero-order chi connectivity index (χ0) is 22.2. The van der Waals surface area contributed by atoms with Crippen molar-refractivity contribution in [2.24, 2.45) is 0 Å². The Hall–Kier alpha value is -3.73. The summed E-state index contributed by atoms with van der Waals surface area (Å²) in [5.41, 5.74) is -0.474. The maximum atomic E-state index is 11.9. The van der Waals surface area contributed by atoms with Crippen LogP contribution < -0.4 is 9.64 Å². The number of halogens is 1. The van der Waals surface area contributed by atoms with E-state index in [0.717, 1.165) is 6.33 Å². The normalized spacial score (nSPS) is 10.5. The molecule has 0 fully saturated rings. The summed E-state index contributed by atoms with van der Waals surface area (Å²) in [7, 11) is 0. The van der Waals surface area contributed by atoms with E-state index in [9.17, 15) is 14.9 Å². The first-order valence-electron chi connectivity index (χ1n) is 9.18. The molecule has 3 rings (SSSR count). The first-order chi connectivity index (χ1) is 15.0. The van der Waals surface area contributed by atoms with Crippen LogP contribution in [0.15, 0.2) is 47.6 Å². The van der Waals surface area contributed by atoms with Crippen molar-refractivity contribution in [2.45, 2.75) is 19.9 Å². The molecule has 0 aromatic carbocycles. The summed E-state index contributed by atoms with van der Waals surface area (Å²) < 4.78 is 15.9. The van der Waals surface area contributed by atoms with Gasteiger partial charge >= 0.3 is 17.5 Å². The smallest absolute Gasteiger partial charge is 0.373 e. The monoisotopic (exact) mass is 447 g/mol. The number of rotatable bonds is 10. The zero-order valence-corrected chi connectivity index (χ0v) is 17.2. The second-order valence-electron chi connectivity index (χ2n) is 6.11. The van der Waals surface area contributed by atoms with Crippen LogP contribution in [0.4, 0.5) is 11.5 Å². The molecule has 12 heteroatoms. The second kappa shape index (κ2) is 10.3. The predicted octanol–water partition coefficient (Wildman–Crippen LogP) is 3.78. The molecule has 3 heterocycles. The molecule has 0 radical (unpaired) electrons. The second-order valence-corrected chi connectivity index (χ2v) is 6.54. The molecule has 0 amide bonds. The van der Waals surface area contributed by atoms with Gasteiger partial charge in [0.05, 0.1) is 42.0 Å². The van der Waals surface area contributed by atoms with Crippen molar-refractivity contribution in [2.75, 3.05) is 18.1 Å². The van der Waals surface area contributed by atoms with Crippen molar-refractivity contribution < 1.29 is 23.6 Å². The number of aromatic nitrogens is 3. The molecule has 0 N–H and O–H groups in total. The van der Waals surface area contributed by atoms with E-state index in [2.05, 4.69) is 15.0 Å². The molecule has 31 heavy (non-hydrogen) atoms. The summed E-state index contributed by atoms with van der Waals surface area (Å²) in [6, 6.07) is 4.84. The number of carbonyl (C=O) groups is 1. The van der Waals surface area contributed by atoms with Gasteiger partial charge in [0.2, 0.25) is 5.82 Å². The highest BCUT2D eigenvalue weighted by Crippen LogP contribution is 2.37. The van der Waals surface area contributed by atoms with E-state index >= 15 is 0 Å². The highest BCUT2D eigenvalue weighted by Gasteiger charge is 2.29. The summed E-state index contributed by atoms with van der Waals surface area (Å²) in [5, 5.41) is 12.2. The first kappa shape index (κ1) is 22.0. The Morgan fingerprint density at radius 3 is 2.87 bits per heavy atom. The van der Waals surface area contributed by atoms with Crippen molar-refractivity contribution in [1.29, 1.82) is 0 Å². The summed E-state index contributed by atoms with van der Waals surface area (Å²) in [6.45, 7) is 2.15. The van der Waals surface area contributed by atoms with Crippen LogP contribution in [-0.4, -0.2) is 39.0 Å². The van der Waals surface area contributed by atoms with Crippen LogP contribution in [0.1, 0.15) is 19.1 Å². The summed E-state index contributed by atoms with van der Waals surface area (Å²) in [4.78, 5) is 36.5. The molecule has 0 atom stereocenters. The molecule has 0 aliphatic heterocycles. The molecule has 0 spiro atoms. The van der Waals surface area contributed by atoms with E-state index < -0.39 is 16.6 Å². The van der Waals surface area contributed by atoms with E-state index in [4.69, 9.17) is 25.5 Å². The fraction of sp³-hybridized carbons (Fsp3) is 0.263. The van der Waals surface area contributed by atoms with Crippen LogP contribution in [0.3, 0.4) is 0 Å². The van der Waals surface area contributed by atoms with Crippen molar-refractivity contribution in [3.63, 3.8) is 0 Å². The molecular formula is C19H18ClN5O6. The summed E-state index contributed by atoms with van der Waals surface area (Å²) >= 11 is 5.90. The number of furan rings is 1. The molecule has 3 aromatic rings. The van der Waals surface area contributed by atoms with E-state index in [1.165, 1.54) is 29.6 Å². The van der Waals surface area contributed by atoms with Crippen molar-refractivity contribution in [3.05, 3.63) is 64.1 Å². The van der Waals surface area contributed by atoms with Gasteiger partial charge in [-0.3, -0.25) is 19.9 Å². The Morgan fingerprint density at radius 1 is 1.35 bits per heavy atom. The Kier molecular flexibility index (Phi) is 7.33. The average molecular weight is 448 g/mol. The number of pyridine rings is 1. The van der Waals surface area contributed by atoms with Gasteiger partial charge in [0, 0.05) is 18.8 Å². The molecule has 0 saturated carbocycles. The van der Waals surface area contributed by atoms with E-state index in [1.807, 2.05) is 0 Å². The fourth-order valence-corrected chi connectivity index (χ4v) is 2.85. The molecular weight excluding hydrogens is 430 g/mol. The maximum Gasteiger partial charge on any atom is 0.373 e. The van der Waals surface area contributed by atoms with Gasteiger partial charge in [-0.25, -0.2) is 4.98 Å². The lowest BCUT2D eigenvalue weighted by Gasteiger charge is -2.22. The van der Waals surface area contributed by atoms with E-state index in [0.29, 0.717) is 10.8 Å². The van der Waals surface area contributed by atoms with E-state index in [-0.39, 0.29) is 43.6 Å². The van der Waals surface area contributed by atoms with Crippen molar-refractivity contribution in [3.8, 4) is 11.6 Å². The van der Waals surface area contributed by atoms with Crippen LogP contribution >= 0.6 is 11.6 Å². The summed E-state index contributed by atoms with van der Waals surface area (Å²) in [6.07, 6.45) is 5.35. The van der Waals surface area contributed by atoms with Crippen molar-refractivity contribution in [1.82, 2.24) is 15.0 Å². The molecule has 0 saturated heterocycles. The predicted molar refractivity (Wildman–Crippen MR) is 109 cm³/mol. The third-order valence-corrected chi connectivity index (χ3v) is 4.17. The minimum absolute atomic E-state index is 0.00981. The quantitative estimate of drug-likeness (QED) is 0.256. The van der Waals surface area contributed by atoms with Gasteiger partial charge in [-0.1, -0.05) is 11.6 Å². The number of nitrogens with zero attached hydrogens (tertiary/aromatic N) is 5. The zero-order valence-electron chi connectivity index (χ0n) is 16.4. The summed E-state index contributed by atoms with van der Waals surface area (Å²) in [5.74, 6) is -0.0712. The van der Waals surface area contributed by atoms with Gasteiger partial charge in [-0.15, -0.1) is 0 Å². The molecule has 3 aromatic heterocycles.